The lowest BCUT2D eigenvalue weighted by atomic mass is 9.91. The van der Waals surface area contributed by atoms with Gasteiger partial charge in [-0.15, -0.1) is 0 Å². The molecule has 6 nitrogen and oxygen atoms in total. The van der Waals surface area contributed by atoms with Crippen molar-refractivity contribution >= 4 is 6.09 Å². The minimum atomic E-state index is -0.644. The number of hydrogen-bond acceptors (Lipinski definition) is 5. The van der Waals surface area contributed by atoms with Crippen molar-refractivity contribution in [2.24, 2.45) is 0 Å². The molecule has 0 aromatic carbocycles. The van der Waals surface area contributed by atoms with Crippen molar-refractivity contribution in [2.45, 2.75) is 57.8 Å². The van der Waals surface area contributed by atoms with E-state index >= 15 is 0 Å². The second kappa shape index (κ2) is 7.96. The summed E-state index contributed by atoms with van der Waals surface area (Å²) in [5, 5.41) is 19.3. The lowest BCUT2D eigenvalue weighted by molar-refractivity contribution is 0.00791. The number of rotatable bonds is 7. The van der Waals surface area contributed by atoms with Gasteiger partial charge in [0.05, 0.1) is 19.3 Å². The Balaban J connectivity index is 2.39. The van der Waals surface area contributed by atoms with E-state index in [1.54, 1.807) is 7.05 Å². The van der Waals surface area contributed by atoms with Gasteiger partial charge >= 0.3 is 6.09 Å². The Morgan fingerprint density at radius 1 is 1.33 bits per heavy atom. The average Bonchev–Trinajstić information content (AvgIpc) is 2.24. The Morgan fingerprint density at radius 2 is 1.95 bits per heavy atom. The summed E-state index contributed by atoms with van der Waals surface area (Å²) in [6.45, 7) is 6.79. The maximum Gasteiger partial charge on any atom is 0.410 e. The molecule has 1 amide bonds. The van der Waals surface area contributed by atoms with E-state index in [4.69, 9.17) is 9.84 Å². The van der Waals surface area contributed by atoms with Gasteiger partial charge in [-0.05, 0) is 33.6 Å². The molecule has 0 radical (unpaired) electrons. The van der Waals surface area contributed by atoms with Crippen LogP contribution in [0.25, 0.3) is 0 Å². The van der Waals surface area contributed by atoms with Crippen LogP contribution < -0.4 is 0 Å². The Labute approximate surface area is 127 Å². The van der Waals surface area contributed by atoms with Gasteiger partial charge in [0.25, 0.3) is 0 Å². The fraction of sp³-hybridized carbons (Fsp3) is 0.933. The summed E-state index contributed by atoms with van der Waals surface area (Å²) in [5.41, 5.74) is -0.537. The second-order valence-corrected chi connectivity index (χ2v) is 6.82. The number of carbonyl (C=O) groups excluding carboxylic acids is 1. The summed E-state index contributed by atoms with van der Waals surface area (Å²) in [4.78, 5) is 15.4. The van der Waals surface area contributed by atoms with Crippen LogP contribution in [0.4, 0.5) is 4.79 Å². The molecule has 6 heteroatoms. The molecule has 1 aliphatic carbocycles. The monoisotopic (exact) mass is 302 g/mol. The second-order valence-electron chi connectivity index (χ2n) is 6.82. The Morgan fingerprint density at radius 3 is 2.38 bits per heavy atom. The highest BCUT2D eigenvalue weighted by atomic mass is 16.6. The normalized spacial score (nSPS) is 17.5. The van der Waals surface area contributed by atoms with Gasteiger partial charge in [-0.3, -0.25) is 4.90 Å². The molecule has 0 heterocycles. The fourth-order valence-corrected chi connectivity index (χ4v) is 2.36. The first-order chi connectivity index (χ1) is 9.73. The van der Waals surface area contributed by atoms with Crippen molar-refractivity contribution in [1.82, 2.24) is 9.80 Å². The highest BCUT2D eigenvalue weighted by Crippen LogP contribution is 2.24. The summed E-state index contributed by atoms with van der Waals surface area (Å²) in [6.07, 6.45) is 2.37. The number of carbonyl (C=O) groups is 1. The number of aliphatic hydroxyl groups is 2. The van der Waals surface area contributed by atoms with E-state index in [-0.39, 0.29) is 13.2 Å². The molecule has 0 saturated heterocycles. The zero-order chi connectivity index (χ0) is 16.0. The molecule has 0 spiro atoms. The van der Waals surface area contributed by atoms with E-state index in [1.807, 2.05) is 20.8 Å². The standard InChI is InChI=1S/C15H30N2O4/c1-15(2,3)21-14(20)16(4)10-13(19)11-17(8-9-18)12-6-5-7-12/h12-13,18-19H,5-11H2,1-4H3/t13-/m0/s1. The number of nitrogens with zero attached hydrogens (tertiary/aromatic N) is 2. The van der Waals surface area contributed by atoms with Crippen LogP contribution in [0.1, 0.15) is 40.0 Å². The van der Waals surface area contributed by atoms with E-state index in [0.717, 1.165) is 12.8 Å². The molecule has 0 aliphatic heterocycles. The zero-order valence-corrected chi connectivity index (χ0v) is 13.7. The van der Waals surface area contributed by atoms with Gasteiger partial charge in [-0.2, -0.15) is 0 Å². The van der Waals surface area contributed by atoms with Gasteiger partial charge in [0.15, 0.2) is 0 Å². The molecule has 21 heavy (non-hydrogen) atoms. The number of amides is 1. The van der Waals surface area contributed by atoms with E-state index in [0.29, 0.717) is 19.1 Å². The predicted octanol–water partition coefficient (Wildman–Crippen LogP) is 1.06. The molecule has 1 aliphatic rings. The highest BCUT2D eigenvalue weighted by molar-refractivity contribution is 5.67. The van der Waals surface area contributed by atoms with Crippen LogP contribution in [0.5, 0.6) is 0 Å². The van der Waals surface area contributed by atoms with Crippen molar-refractivity contribution in [2.75, 3.05) is 33.3 Å². The summed E-state index contributed by atoms with van der Waals surface area (Å²) in [6, 6.07) is 0.457. The molecule has 1 rings (SSSR count). The molecule has 2 N–H and O–H groups in total. The molecule has 124 valence electrons. The van der Waals surface area contributed by atoms with Crippen LogP contribution in [0, 0.1) is 0 Å². The number of hydrogen-bond donors (Lipinski definition) is 2. The van der Waals surface area contributed by atoms with E-state index in [1.165, 1.54) is 11.3 Å². The minimum absolute atomic E-state index is 0.0884. The molecule has 1 atom stereocenters. The SMILES string of the molecule is CN(C[C@H](O)CN(CCO)C1CCC1)C(=O)OC(C)(C)C. The number of aliphatic hydroxyl groups excluding tert-OH is 2. The predicted molar refractivity (Wildman–Crippen MR) is 81.2 cm³/mol. The maximum atomic E-state index is 11.8. The molecule has 0 aromatic rings. The van der Waals surface area contributed by atoms with Crippen LogP contribution in [0.2, 0.25) is 0 Å². The third kappa shape index (κ3) is 6.63. The first-order valence-electron chi connectivity index (χ1n) is 7.70. The first-order valence-corrected chi connectivity index (χ1v) is 7.70. The summed E-state index contributed by atoms with van der Waals surface area (Å²) >= 11 is 0. The van der Waals surface area contributed by atoms with Crippen molar-refractivity contribution in [1.29, 1.82) is 0 Å². The van der Waals surface area contributed by atoms with Crippen molar-refractivity contribution in [3.8, 4) is 0 Å². The molecular weight excluding hydrogens is 272 g/mol. The van der Waals surface area contributed by atoms with Crippen LogP contribution >= 0.6 is 0 Å². The fourth-order valence-electron chi connectivity index (χ4n) is 2.36. The Hall–Kier alpha value is -0.850. The maximum absolute atomic E-state index is 11.8. The lowest BCUT2D eigenvalue weighted by Gasteiger charge is -2.38. The Kier molecular flexibility index (Phi) is 6.90. The summed E-state index contributed by atoms with van der Waals surface area (Å²) < 4.78 is 5.25. The van der Waals surface area contributed by atoms with Gasteiger partial charge in [0.1, 0.15) is 5.60 Å². The van der Waals surface area contributed by atoms with Gasteiger partial charge in [-0.1, -0.05) is 6.42 Å². The van der Waals surface area contributed by atoms with E-state index in [2.05, 4.69) is 4.90 Å². The Bertz CT molecular complexity index is 326. The number of ether oxygens (including phenoxy) is 1. The lowest BCUT2D eigenvalue weighted by Crippen LogP contribution is -2.48. The van der Waals surface area contributed by atoms with Gasteiger partial charge in [-0.25, -0.2) is 4.79 Å². The van der Waals surface area contributed by atoms with Crippen LogP contribution in [0.15, 0.2) is 0 Å². The largest absolute Gasteiger partial charge is 0.444 e. The smallest absolute Gasteiger partial charge is 0.410 e. The van der Waals surface area contributed by atoms with Crippen LogP contribution in [-0.2, 0) is 4.74 Å². The summed E-state index contributed by atoms with van der Waals surface area (Å²) in [7, 11) is 1.62. The van der Waals surface area contributed by atoms with Crippen molar-refractivity contribution < 1.29 is 19.7 Å². The van der Waals surface area contributed by atoms with Gasteiger partial charge in [0, 0.05) is 26.2 Å². The molecule has 0 aromatic heterocycles. The number of likely N-dealkylation sites (N-methyl/N-ethyl adjacent to an activating group) is 1. The van der Waals surface area contributed by atoms with E-state index < -0.39 is 17.8 Å². The first kappa shape index (κ1) is 18.2. The quantitative estimate of drug-likeness (QED) is 0.736. The average molecular weight is 302 g/mol. The molecule has 1 saturated carbocycles. The van der Waals surface area contributed by atoms with Crippen molar-refractivity contribution in [3.63, 3.8) is 0 Å². The molecule has 0 unspecified atom stereocenters. The van der Waals surface area contributed by atoms with Crippen molar-refractivity contribution in [3.05, 3.63) is 0 Å². The third-order valence-electron chi connectivity index (χ3n) is 3.61. The molecule has 0 bridgehead atoms. The topological polar surface area (TPSA) is 73.2 Å². The van der Waals surface area contributed by atoms with E-state index in [9.17, 15) is 9.90 Å². The third-order valence-corrected chi connectivity index (χ3v) is 3.61. The van der Waals surface area contributed by atoms with Gasteiger partial charge < -0.3 is 19.8 Å². The molecular formula is C15H30N2O4. The zero-order valence-electron chi connectivity index (χ0n) is 13.7. The van der Waals surface area contributed by atoms with Crippen LogP contribution in [-0.4, -0.2) is 77.1 Å². The summed E-state index contributed by atoms with van der Waals surface area (Å²) in [5.74, 6) is 0. The highest BCUT2D eigenvalue weighted by Gasteiger charge is 2.27. The minimum Gasteiger partial charge on any atom is -0.444 e. The van der Waals surface area contributed by atoms with Gasteiger partial charge in [0.2, 0.25) is 0 Å². The molecule has 1 fully saturated rings. The van der Waals surface area contributed by atoms with Crippen LogP contribution in [0.3, 0.4) is 0 Å².